The highest BCUT2D eigenvalue weighted by Crippen LogP contribution is 2.36. The summed E-state index contributed by atoms with van der Waals surface area (Å²) < 4.78 is 12.7. The lowest BCUT2D eigenvalue weighted by Gasteiger charge is -2.26. The third-order valence-corrected chi connectivity index (χ3v) is 3.83. The van der Waals surface area contributed by atoms with Gasteiger partial charge in [-0.1, -0.05) is 41.9 Å². The van der Waals surface area contributed by atoms with Gasteiger partial charge >= 0.3 is 0 Å². The summed E-state index contributed by atoms with van der Waals surface area (Å²) in [7, 11) is 0. The third kappa shape index (κ3) is 2.04. The van der Waals surface area contributed by atoms with E-state index in [4.69, 9.17) is 9.47 Å². The third-order valence-electron chi connectivity index (χ3n) is 3.09. The molecule has 0 saturated carbocycles. The highest BCUT2D eigenvalue weighted by atomic mass is 79.9. The summed E-state index contributed by atoms with van der Waals surface area (Å²) in [6.45, 7) is 5.60. The summed E-state index contributed by atoms with van der Waals surface area (Å²) in [5, 5.41) is 0. The number of hydrogen-bond acceptors (Lipinski definition) is 2. The monoisotopic (exact) mass is 284 g/mol. The van der Waals surface area contributed by atoms with Crippen LogP contribution in [0.3, 0.4) is 0 Å². The van der Waals surface area contributed by atoms with Crippen LogP contribution >= 0.6 is 15.9 Å². The van der Waals surface area contributed by atoms with Gasteiger partial charge in [-0.2, -0.15) is 0 Å². The van der Waals surface area contributed by atoms with Crippen molar-refractivity contribution in [1.29, 1.82) is 0 Å². The summed E-state index contributed by atoms with van der Waals surface area (Å²) in [4.78, 5) is 0. The lowest BCUT2D eigenvalue weighted by molar-refractivity contribution is -0.167. The molecule has 1 aromatic carbocycles. The topological polar surface area (TPSA) is 18.5 Å². The first-order valence-corrected chi connectivity index (χ1v) is 6.58. The number of hydrogen-bond donors (Lipinski definition) is 0. The molecule has 0 spiro atoms. The fourth-order valence-corrected chi connectivity index (χ4v) is 2.76. The molecule has 88 valence electrons. The minimum Gasteiger partial charge on any atom is -0.343 e. The average molecular weight is 285 g/mol. The van der Waals surface area contributed by atoms with Gasteiger partial charge in [0.05, 0.1) is 13.2 Å². The molecular weight excluding hydrogens is 268 g/mol. The second-order valence-corrected chi connectivity index (χ2v) is 4.82. The van der Waals surface area contributed by atoms with E-state index in [-0.39, 0.29) is 0 Å². The van der Waals surface area contributed by atoms with Gasteiger partial charge in [-0.25, -0.2) is 0 Å². The molecule has 0 amide bonds. The van der Waals surface area contributed by atoms with Crippen molar-refractivity contribution in [3.8, 4) is 0 Å². The maximum absolute atomic E-state index is 5.76. The van der Waals surface area contributed by atoms with E-state index in [0.717, 1.165) is 22.9 Å². The molecule has 0 N–H and O–H groups in total. The van der Waals surface area contributed by atoms with Crippen LogP contribution in [0.25, 0.3) is 0 Å². The molecule has 1 aromatic rings. The highest BCUT2D eigenvalue weighted by molar-refractivity contribution is 9.10. The van der Waals surface area contributed by atoms with Gasteiger partial charge in [-0.3, -0.25) is 0 Å². The number of halogens is 1. The Labute approximate surface area is 105 Å². The molecule has 0 aliphatic carbocycles. The van der Waals surface area contributed by atoms with Crippen molar-refractivity contribution in [3.05, 3.63) is 33.8 Å². The number of benzene rings is 1. The fourth-order valence-electron chi connectivity index (χ4n) is 2.10. The number of rotatable bonds is 3. The van der Waals surface area contributed by atoms with E-state index in [1.165, 1.54) is 5.56 Å². The Morgan fingerprint density at radius 1 is 1.25 bits per heavy atom. The van der Waals surface area contributed by atoms with Crippen LogP contribution < -0.4 is 0 Å². The zero-order chi connectivity index (χ0) is 11.6. The Balaban J connectivity index is 2.36. The minimum atomic E-state index is -0.519. The predicted octanol–water partition coefficient (Wildman–Crippen LogP) is 3.62. The number of ether oxygens (including phenoxy) is 2. The van der Waals surface area contributed by atoms with Gasteiger partial charge in [0.15, 0.2) is 5.79 Å². The quantitative estimate of drug-likeness (QED) is 0.844. The van der Waals surface area contributed by atoms with E-state index < -0.39 is 5.79 Å². The highest BCUT2D eigenvalue weighted by Gasteiger charge is 2.36. The normalized spacial score (nSPS) is 18.9. The Hall–Kier alpha value is -0.380. The smallest absolute Gasteiger partial charge is 0.194 e. The molecule has 1 saturated heterocycles. The number of aryl methyl sites for hydroxylation is 1. The Morgan fingerprint density at radius 2 is 1.94 bits per heavy atom. The zero-order valence-electron chi connectivity index (χ0n) is 9.75. The molecule has 0 aromatic heterocycles. The van der Waals surface area contributed by atoms with Gasteiger partial charge in [0.1, 0.15) is 0 Å². The second kappa shape index (κ2) is 4.86. The van der Waals surface area contributed by atoms with Crippen LogP contribution in [0.5, 0.6) is 0 Å². The molecule has 2 rings (SSSR count). The van der Waals surface area contributed by atoms with Crippen molar-refractivity contribution in [3.63, 3.8) is 0 Å². The van der Waals surface area contributed by atoms with E-state index in [9.17, 15) is 0 Å². The van der Waals surface area contributed by atoms with Crippen molar-refractivity contribution < 1.29 is 9.47 Å². The Kier molecular flexibility index (Phi) is 3.67. The van der Waals surface area contributed by atoms with Crippen LogP contribution in [0, 0.1) is 0 Å². The van der Waals surface area contributed by atoms with Crippen LogP contribution in [0.15, 0.2) is 22.7 Å². The molecule has 0 atom stereocenters. The minimum absolute atomic E-state index is 0.519. The standard InChI is InChI=1S/C13H17BrO2/c1-3-10-5-6-11(9-12(10)14)13(4-2)15-7-8-16-13/h5-6,9H,3-4,7-8H2,1-2H3. The molecule has 0 unspecified atom stereocenters. The van der Waals surface area contributed by atoms with Gasteiger partial charge in [0, 0.05) is 16.5 Å². The van der Waals surface area contributed by atoms with Crippen molar-refractivity contribution in [2.75, 3.05) is 13.2 Å². The van der Waals surface area contributed by atoms with E-state index in [1.54, 1.807) is 0 Å². The summed E-state index contributed by atoms with van der Waals surface area (Å²) in [5.41, 5.74) is 2.42. The fraction of sp³-hybridized carbons (Fsp3) is 0.538. The SMILES string of the molecule is CCc1ccc(C2(CC)OCCO2)cc1Br. The first-order valence-electron chi connectivity index (χ1n) is 5.78. The maximum Gasteiger partial charge on any atom is 0.194 e. The van der Waals surface area contributed by atoms with Crippen LogP contribution in [0.1, 0.15) is 31.4 Å². The summed E-state index contributed by atoms with van der Waals surface area (Å²) >= 11 is 3.60. The first-order chi connectivity index (χ1) is 7.72. The van der Waals surface area contributed by atoms with E-state index >= 15 is 0 Å². The van der Waals surface area contributed by atoms with E-state index in [2.05, 4.69) is 48.0 Å². The molecule has 0 radical (unpaired) electrons. The maximum atomic E-state index is 5.76. The average Bonchev–Trinajstić information content (AvgIpc) is 2.78. The molecular formula is C13H17BrO2. The molecule has 0 bridgehead atoms. The first kappa shape index (κ1) is 12.1. The lowest BCUT2D eigenvalue weighted by Crippen LogP contribution is -2.26. The second-order valence-electron chi connectivity index (χ2n) is 3.96. The van der Waals surface area contributed by atoms with Crippen molar-refractivity contribution >= 4 is 15.9 Å². The van der Waals surface area contributed by atoms with Gasteiger partial charge in [0.2, 0.25) is 0 Å². The lowest BCUT2D eigenvalue weighted by atomic mass is 10.0. The molecule has 1 aliphatic heterocycles. The molecule has 2 nitrogen and oxygen atoms in total. The van der Waals surface area contributed by atoms with Crippen molar-refractivity contribution in [2.24, 2.45) is 0 Å². The molecule has 1 fully saturated rings. The molecule has 16 heavy (non-hydrogen) atoms. The van der Waals surface area contributed by atoms with Gasteiger partial charge < -0.3 is 9.47 Å². The van der Waals surface area contributed by atoms with Crippen LogP contribution in [0.2, 0.25) is 0 Å². The Morgan fingerprint density at radius 3 is 2.44 bits per heavy atom. The van der Waals surface area contributed by atoms with Gasteiger partial charge in [0.25, 0.3) is 0 Å². The van der Waals surface area contributed by atoms with Gasteiger partial charge in [-0.05, 0) is 18.1 Å². The van der Waals surface area contributed by atoms with E-state index in [1.807, 2.05) is 0 Å². The van der Waals surface area contributed by atoms with Crippen LogP contribution in [-0.4, -0.2) is 13.2 Å². The summed E-state index contributed by atoms with van der Waals surface area (Å²) in [6.07, 6.45) is 1.87. The van der Waals surface area contributed by atoms with Gasteiger partial charge in [-0.15, -0.1) is 0 Å². The largest absolute Gasteiger partial charge is 0.343 e. The summed E-state index contributed by atoms with van der Waals surface area (Å²) in [5.74, 6) is -0.519. The summed E-state index contributed by atoms with van der Waals surface area (Å²) in [6, 6.07) is 6.37. The van der Waals surface area contributed by atoms with E-state index in [0.29, 0.717) is 13.2 Å². The van der Waals surface area contributed by atoms with Crippen molar-refractivity contribution in [1.82, 2.24) is 0 Å². The Bertz CT molecular complexity index is 370. The molecule has 3 heteroatoms. The van der Waals surface area contributed by atoms with Crippen molar-refractivity contribution in [2.45, 2.75) is 32.5 Å². The predicted molar refractivity (Wildman–Crippen MR) is 67.4 cm³/mol. The molecule has 1 aliphatic rings. The zero-order valence-corrected chi connectivity index (χ0v) is 11.3. The van der Waals surface area contributed by atoms with Crippen LogP contribution in [0.4, 0.5) is 0 Å². The molecule has 1 heterocycles. The van der Waals surface area contributed by atoms with Crippen LogP contribution in [-0.2, 0) is 21.7 Å².